The minimum Gasteiger partial charge on any atom is -0.493 e. The smallest absolute Gasteiger partial charge is 0.363 e. The maximum absolute atomic E-state index is 12.4. The molecule has 8 heteroatoms. The number of benzene rings is 1. The molecule has 0 bridgehead atoms. The van der Waals surface area contributed by atoms with Crippen molar-refractivity contribution in [2.24, 2.45) is 0 Å². The largest absolute Gasteiger partial charge is 0.493 e. The fourth-order valence-electron chi connectivity index (χ4n) is 2.49. The number of nitrogens with zero attached hydrogens (tertiary/aromatic N) is 2. The van der Waals surface area contributed by atoms with Crippen molar-refractivity contribution in [2.45, 2.75) is 13.5 Å². The van der Waals surface area contributed by atoms with Gasteiger partial charge >= 0.3 is 11.9 Å². The lowest BCUT2D eigenvalue weighted by molar-refractivity contribution is 0.0433. The van der Waals surface area contributed by atoms with Crippen LogP contribution in [0.3, 0.4) is 0 Å². The van der Waals surface area contributed by atoms with E-state index in [9.17, 15) is 9.59 Å². The predicted octanol–water partition coefficient (Wildman–Crippen LogP) is 2.93. The third kappa shape index (κ3) is 3.84. The Morgan fingerprint density at radius 3 is 2.56 bits per heavy atom. The molecule has 3 aromatic rings. The Morgan fingerprint density at radius 1 is 1.15 bits per heavy atom. The summed E-state index contributed by atoms with van der Waals surface area (Å²) in [5.41, 5.74) is 1.10. The van der Waals surface area contributed by atoms with E-state index >= 15 is 0 Å². The highest BCUT2D eigenvalue weighted by molar-refractivity contribution is 5.91. The SMILES string of the molecule is COC(=O)c1cc(COC(=O)c2nn(-c3ccccc3)cc2OC)oc1C. The number of furan rings is 1. The van der Waals surface area contributed by atoms with Crippen molar-refractivity contribution in [1.82, 2.24) is 9.78 Å². The van der Waals surface area contributed by atoms with Gasteiger partial charge in [-0.15, -0.1) is 0 Å². The molecule has 8 nitrogen and oxygen atoms in total. The number of hydrogen-bond acceptors (Lipinski definition) is 7. The highest BCUT2D eigenvalue weighted by Gasteiger charge is 2.21. The Morgan fingerprint density at radius 2 is 1.89 bits per heavy atom. The fourth-order valence-corrected chi connectivity index (χ4v) is 2.49. The van der Waals surface area contributed by atoms with Gasteiger partial charge in [-0.3, -0.25) is 0 Å². The first-order valence-electron chi connectivity index (χ1n) is 8.07. The maximum atomic E-state index is 12.4. The summed E-state index contributed by atoms with van der Waals surface area (Å²) in [5.74, 6) is -0.191. The Balaban J connectivity index is 1.75. The number of carbonyl (C=O) groups is 2. The molecule has 0 fully saturated rings. The number of methoxy groups -OCH3 is 2. The molecule has 0 N–H and O–H groups in total. The van der Waals surface area contributed by atoms with Gasteiger partial charge in [0.2, 0.25) is 5.69 Å². The normalized spacial score (nSPS) is 10.5. The molecule has 140 valence electrons. The van der Waals surface area contributed by atoms with Gasteiger partial charge in [0.05, 0.1) is 26.1 Å². The fraction of sp³-hybridized carbons (Fsp3) is 0.211. The molecular formula is C19H18N2O6. The summed E-state index contributed by atoms with van der Waals surface area (Å²) in [5, 5.41) is 4.24. The Hall–Kier alpha value is -3.55. The van der Waals surface area contributed by atoms with Crippen molar-refractivity contribution in [3.63, 3.8) is 0 Å². The summed E-state index contributed by atoms with van der Waals surface area (Å²) in [6, 6.07) is 10.8. The standard InChI is InChI=1S/C19H18N2O6/c1-12-15(18(22)25-3)9-14(27-12)11-26-19(23)17-16(24-2)10-21(20-17)13-7-5-4-6-8-13/h4-10H,11H2,1-3H3. The second kappa shape index (κ2) is 7.77. The minimum atomic E-state index is -0.671. The van der Waals surface area contributed by atoms with E-state index in [1.54, 1.807) is 13.1 Å². The first-order valence-corrected chi connectivity index (χ1v) is 8.07. The second-order valence-electron chi connectivity index (χ2n) is 5.58. The van der Waals surface area contributed by atoms with E-state index in [-0.39, 0.29) is 23.6 Å². The van der Waals surface area contributed by atoms with Gasteiger partial charge in [0.15, 0.2) is 5.75 Å². The molecule has 0 unspecified atom stereocenters. The Labute approximate surface area is 155 Å². The summed E-state index contributed by atoms with van der Waals surface area (Å²) in [6.45, 7) is 1.47. The van der Waals surface area contributed by atoms with Crippen LogP contribution in [0.2, 0.25) is 0 Å². The quantitative estimate of drug-likeness (QED) is 0.616. The monoisotopic (exact) mass is 370 g/mol. The van der Waals surface area contributed by atoms with E-state index in [0.717, 1.165) is 5.69 Å². The molecule has 3 rings (SSSR count). The average Bonchev–Trinajstić information content (AvgIpc) is 3.29. The molecule has 0 amide bonds. The lowest BCUT2D eigenvalue weighted by Crippen LogP contribution is -2.08. The van der Waals surface area contributed by atoms with E-state index in [1.165, 1.54) is 25.0 Å². The second-order valence-corrected chi connectivity index (χ2v) is 5.58. The number of carbonyl (C=O) groups excluding carboxylic acids is 2. The third-order valence-electron chi connectivity index (χ3n) is 3.83. The number of hydrogen-bond donors (Lipinski definition) is 0. The number of ether oxygens (including phenoxy) is 3. The topological polar surface area (TPSA) is 92.8 Å². The molecule has 0 atom stereocenters. The van der Waals surface area contributed by atoms with Gasteiger partial charge < -0.3 is 18.6 Å². The van der Waals surface area contributed by atoms with Gasteiger partial charge in [-0.25, -0.2) is 14.3 Å². The van der Waals surface area contributed by atoms with Crippen molar-refractivity contribution >= 4 is 11.9 Å². The van der Waals surface area contributed by atoms with Gasteiger partial charge in [-0.2, -0.15) is 5.10 Å². The lowest BCUT2D eigenvalue weighted by Gasteiger charge is -2.02. The molecule has 2 aromatic heterocycles. The highest BCUT2D eigenvalue weighted by atomic mass is 16.5. The summed E-state index contributed by atoms with van der Waals surface area (Å²) >= 11 is 0. The van der Waals surface area contributed by atoms with E-state index in [1.807, 2.05) is 30.3 Å². The minimum absolute atomic E-state index is 0.0397. The van der Waals surface area contributed by atoms with Gasteiger partial charge in [0.1, 0.15) is 23.7 Å². The van der Waals surface area contributed by atoms with Crippen LogP contribution in [-0.4, -0.2) is 35.9 Å². The zero-order valence-electron chi connectivity index (χ0n) is 15.1. The van der Waals surface area contributed by atoms with Crippen LogP contribution in [0.4, 0.5) is 0 Å². The molecule has 0 spiro atoms. The third-order valence-corrected chi connectivity index (χ3v) is 3.83. The number of esters is 2. The van der Waals surface area contributed by atoms with E-state index in [4.69, 9.17) is 13.9 Å². The van der Waals surface area contributed by atoms with Gasteiger partial charge in [0.25, 0.3) is 0 Å². The molecule has 0 radical (unpaired) electrons. The van der Waals surface area contributed by atoms with E-state index in [0.29, 0.717) is 11.5 Å². The van der Waals surface area contributed by atoms with Crippen molar-refractivity contribution in [1.29, 1.82) is 0 Å². The van der Waals surface area contributed by atoms with Crippen molar-refractivity contribution in [3.8, 4) is 11.4 Å². The maximum Gasteiger partial charge on any atom is 0.363 e. The van der Waals surface area contributed by atoms with Gasteiger partial charge in [-0.1, -0.05) is 18.2 Å². The molecule has 0 saturated heterocycles. The molecule has 1 aromatic carbocycles. The Kier molecular flexibility index (Phi) is 5.25. The number of aryl methyl sites for hydroxylation is 1. The summed E-state index contributed by atoms with van der Waals surface area (Å²) in [7, 11) is 2.73. The summed E-state index contributed by atoms with van der Waals surface area (Å²) < 4.78 is 22.1. The van der Waals surface area contributed by atoms with Gasteiger partial charge in [0, 0.05) is 0 Å². The van der Waals surface area contributed by atoms with Crippen molar-refractivity contribution in [3.05, 3.63) is 65.4 Å². The number of rotatable bonds is 6. The van der Waals surface area contributed by atoms with Crippen LogP contribution in [0.15, 0.2) is 47.0 Å². The first kappa shape index (κ1) is 18.2. The van der Waals surface area contributed by atoms with Crippen LogP contribution in [0, 0.1) is 6.92 Å². The molecule has 2 heterocycles. The van der Waals surface area contributed by atoms with E-state index in [2.05, 4.69) is 9.84 Å². The Bertz CT molecular complexity index is 958. The molecule has 0 aliphatic rings. The van der Waals surface area contributed by atoms with Crippen LogP contribution in [0.5, 0.6) is 5.75 Å². The first-order chi connectivity index (χ1) is 13.0. The zero-order chi connectivity index (χ0) is 19.4. The number of aromatic nitrogens is 2. The summed E-state index contributed by atoms with van der Waals surface area (Å²) in [4.78, 5) is 24.0. The molecule has 27 heavy (non-hydrogen) atoms. The van der Waals surface area contributed by atoms with Crippen LogP contribution < -0.4 is 4.74 Å². The lowest BCUT2D eigenvalue weighted by atomic mass is 10.2. The van der Waals surface area contributed by atoms with Crippen molar-refractivity contribution < 1.29 is 28.2 Å². The average molecular weight is 370 g/mol. The zero-order valence-corrected chi connectivity index (χ0v) is 15.1. The molecule has 0 aliphatic carbocycles. The van der Waals surface area contributed by atoms with Crippen LogP contribution in [0.25, 0.3) is 5.69 Å². The molecular weight excluding hydrogens is 352 g/mol. The highest BCUT2D eigenvalue weighted by Crippen LogP contribution is 2.22. The van der Waals surface area contributed by atoms with Gasteiger partial charge in [-0.05, 0) is 25.1 Å². The van der Waals surface area contributed by atoms with Crippen LogP contribution >= 0.6 is 0 Å². The predicted molar refractivity (Wildman–Crippen MR) is 94.0 cm³/mol. The molecule has 0 aliphatic heterocycles. The number of para-hydroxylation sites is 1. The van der Waals surface area contributed by atoms with Crippen LogP contribution in [-0.2, 0) is 16.1 Å². The molecule has 0 saturated carbocycles. The van der Waals surface area contributed by atoms with Crippen molar-refractivity contribution in [2.75, 3.05) is 14.2 Å². The van der Waals surface area contributed by atoms with Crippen LogP contribution in [0.1, 0.15) is 32.4 Å². The summed E-state index contributed by atoms with van der Waals surface area (Å²) in [6.07, 6.45) is 1.60. The van der Waals surface area contributed by atoms with E-state index < -0.39 is 11.9 Å².